The van der Waals surface area contributed by atoms with Gasteiger partial charge in [0.05, 0.1) is 11.8 Å². The molecule has 1 aliphatic rings. The molecule has 0 bridgehead atoms. The van der Waals surface area contributed by atoms with Crippen LogP contribution in [0.1, 0.15) is 35.4 Å². The normalized spacial score (nSPS) is 15.1. The molecule has 1 heterocycles. The first-order valence-corrected chi connectivity index (χ1v) is 6.42. The molecule has 112 valence electrons. The van der Waals surface area contributed by atoms with E-state index < -0.39 is 5.54 Å². The van der Waals surface area contributed by atoms with Crippen molar-refractivity contribution >= 4 is 24.2 Å². The quantitative estimate of drug-likeness (QED) is 0.675. The van der Waals surface area contributed by atoms with Gasteiger partial charge >= 0.3 is 0 Å². The third kappa shape index (κ3) is 3.98. The van der Waals surface area contributed by atoms with Crippen LogP contribution >= 0.6 is 12.4 Å². The summed E-state index contributed by atoms with van der Waals surface area (Å²) < 4.78 is 5.08. The summed E-state index contributed by atoms with van der Waals surface area (Å²) in [5.74, 6) is 0.00921. The molecule has 1 saturated carbocycles. The number of nitrogens with one attached hydrogen (secondary N) is 2. The number of rotatable bonds is 6. The number of furan rings is 1. The zero-order valence-corrected chi connectivity index (χ0v) is 12.2. The molecule has 4 N–H and O–H groups in total. The van der Waals surface area contributed by atoms with E-state index in [0.29, 0.717) is 25.3 Å². The lowest BCUT2D eigenvalue weighted by molar-refractivity contribution is -0.123. The van der Waals surface area contributed by atoms with Crippen molar-refractivity contribution in [2.45, 2.75) is 31.7 Å². The Balaban J connectivity index is 0.00000200. The third-order valence-corrected chi connectivity index (χ3v) is 3.23. The summed E-state index contributed by atoms with van der Waals surface area (Å²) in [6.45, 7) is 2.81. The summed E-state index contributed by atoms with van der Waals surface area (Å²) in [6.07, 6.45) is 3.66. The number of hydrogen-bond acceptors (Lipinski definition) is 4. The molecule has 7 heteroatoms. The van der Waals surface area contributed by atoms with Gasteiger partial charge in [-0.15, -0.1) is 12.4 Å². The van der Waals surface area contributed by atoms with Gasteiger partial charge in [-0.05, 0) is 32.3 Å². The lowest BCUT2D eigenvalue weighted by atomic mass is 10.2. The van der Waals surface area contributed by atoms with Crippen molar-refractivity contribution in [2.75, 3.05) is 13.1 Å². The van der Waals surface area contributed by atoms with Crippen LogP contribution in [0.15, 0.2) is 16.7 Å². The summed E-state index contributed by atoms with van der Waals surface area (Å²) in [5.41, 5.74) is 5.92. The minimum Gasteiger partial charge on any atom is -0.459 e. The highest BCUT2D eigenvalue weighted by atomic mass is 35.5. The van der Waals surface area contributed by atoms with Gasteiger partial charge in [-0.25, -0.2) is 0 Å². The molecule has 0 radical (unpaired) electrons. The Kier molecular flexibility index (Phi) is 5.59. The molecule has 0 unspecified atom stereocenters. The number of aryl methyl sites for hydroxylation is 1. The molecular weight excluding hydrogens is 282 g/mol. The minimum atomic E-state index is -0.630. The van der Waals surface area contributed by atoms with Gasteiger partial charge < -0.3 is 20.8 Å². The van der Waals surface area contributed by atoms with Crippen molar-refractivity contribution in [2.24, 2.45) is 5.73 Å². The summed E-state index contributed by atoms with van der Waals surface area (Å²) in [7, 11) is 0. The second-order valence-corrected chi connectivity index (χ2v) is 4.95. The Labute approximate surface area is 123 Å². The van der Waals surface area contributed by atoms with Crippen molar-refractivity contribution in [3.8, 4) is 0 Å². The molecule has 1 fully saturated rings. The molecule has 0 aromatic carbocycles. The van der Waals surface area contributed by atoms with Crippen molar-refractivity contribution in [1.82, 2.24) is 10.6 Å². The fraction of sp³-hybridized carbons (Fsp3) is 0.538. The number of hydrogen-bond donors (Lipinski definition) is 3. The van der Waals surface area contributed by atoms with Crippen LogP contribution in [-0.2, 0) is 4.79 Å². The molecule has 2 rings (SSSR count). The molecule has 1 aromatic heterocycles. The predicted molar refractivity (Wildman–Crippen MR) is 76.8 cm³/mol. The first-order valence-electron chi connectivity index (χ1n) is 6.42. The van der Waals surface area contributed by atoms with Crippen LogP contribution < -0.4 is 16.4 Å². The van der Waals surface area contributed by atoms with E-state index in [1.54, 1.807) is 6.07 Å². The molecule has 6 nitrogen and oxygen atoms in total. The van der Waals surface area contributed by atoms with Gasteiger partial charge in [0.1, 0.15) is 0 Å². The SMILES string of the molecule is Cc1ccoc1C(=O)NCCCNC(=O)C1(N)CC1.Cl. The van der Waals surface area contributed by atoms with Crippen LogP contribution in [0.5, 0.6) is 0 Å². The summed E-state index contributed by atoms with van der Waals surface area (Å²) in [5, 5.41) is 5.51. The fourth-order valence-electron chi connectivity index (χ4n) is 1.72. The standard InChI is InChI=1S/C13H19N3O3.ClH/c1-9-3-8-19-10(9)11(17)15-6-2-7-16-12(18)13(14)4-5-13;/h3,8H,2,4-7,14H2,1H3,(H,15,17)(H,16,18);1H. The van der Waals surface area contributed by atoms with Crippen LogP contribution in [-0.4, -0.2) is 30.4 Å². The van der Waals surface area contributed by atoms with Crippen LogP contribution in [0.25, 0.3) is 0 Å². The predicted octanol–water partition coefficient (Wildman–Crippen LogP) is 0.737. The van der Waals surface area contributed by atoms with E-state index in [-0.39, 0.29) is 24.2 Å². The number of amides is 2. The first kappa shape index (κ1) is 16.5. The zero-order chi connectivity index (χ0) is 13.9. The minimum absolute atomic E-state index is 0. The highest BCUT2D eigenvalue weighted by molar-refractivity contribution is 5.92. The van der Waals surface area contributed by atoms with Gasteiger partial charge in [-0.1, -0.05) is 0 Å². The maximum atomic E-state index is 11.7. The van der Waals surface area contributed by atoms with Gasteiger partial charge in [0.25, 0.3) is 5.91 Å². The average Bonchev–Trinajstić information content (AvgIpc) is 2.98. The van der Waals surface area contributed by atoms with E-state index in [1.807, 2.05) is 6.92 Å². The smallest absolute Gasteiger partial charge is 0.287 e. The maximum absolute atomic E-state index is 11.7. The van der Waals surface area contributed by atoms with Gasteiger partial charge in [-0.2, -0.15) is 0 Å². The van der Waals surface area contributed by atoms with E-state index in [0.717, 1.165) is 18.4 Å². The van der Waals surface area contributed by atoms with E-state index in [4.69, 9.17) is 10.2 Å². The van der Waals surface area contributed by atoms with Gasteiger partial charge in [-0.3, -0.25) is 9.59 Å². The van der Waals surface area contributed by atoms with Crippen molar-refractivity contribution in [3.63, 3.8) is 0 Å². The summed E-state index contributed by atoms with van der Waals surface area (Å²) in [6, 6.07) is 1.74. The summed E-state index contributed by atoms with van der Waals surface area (Å²) >= 11 is 0. The van der Waals surface area contributed by atoms with E-state index in [2.05, 4.69) is 10.6 Å². The number of carbonyl (C=O) groups excluding carboxylic acids is 2. The monoisotopic (exact) mass is 301 g/mol. The van der Waals surface area contributed by atoms with Gasteiger partial charge in [0, 0.05) is 18.7 Å². The van der Waals surface area contributed by atoms with Gasteiger partial charge in [0.15, 0.2) is 5.76 Å². The highest BCUT2D eigenvalue weighted by Gasteiger charge is 2.45. The average molecular weight is 302 g/mol. The van der Waals surface area contributed by atoms with Crippen molar-refractivity contribution < 1.29 is 14.0 Å². The van der Waals surface area contributed by atoms with E-state index in [9.17, 15) is 9.59 Å². The van der Waals surface area contributed by atoms with Crippen LogP contribution in [0.4, 0.5) is 0 Å². The van der Waals surface area contributed by atoms with Crippen LogP contribution in [0.3, 0.4) is 0 Å². The van der Waals surface area contributed by atoms with Crippen molar-refractivity contribution in [1.29, 1.82) is 0 Å². The molecule has 1 aliphatic carbocycles. The lowest BCUT2D eigenvalue weighted by Crippen LogP contribution is -2.43. The van der Waals surface area contributed by atoms with Gasteiger partial charge in [0.2, 0.25) is 5.91 Å². The van der Waals surface area contributed by atoms with E-state index >= 15 is 0 Å². The van der Waals surface area contributed by atoms with Crippen LogP contribution in [0.2, 0.25) is 0 Å². The lowest BCUT2D eigenvalue weighted by Gasteiger charge is -2.10. The first-order chi connectivity index (χ1) is 9.03. The zero-order valence-electron chi connectivity index (χ0n) is 11.4. The Bertz CT molecular complexity index is 483. The third-order valence-electron chi connectivity index (χ3n) is 3.23. The molecule has 1 aromatic rings. The second kappa shape index (κ2) is 6.76. The Morgan fingerprint density at radius 1 is 1.35 bits per heavy atom. The number of nitrogens with two attached hydrogens (primary N) is 1. The molecule has 20 heavy (non-hydrogen) atoms. The molecular formula is C13H20ClN3O3. The van der Waals surface area contributed by atoms with Crippen LogP contribution in [0, 0.1) is 6.92 Å². The fourth-order valence-corrected chi connectivity index (χ4v) is 1.72. The Morgan fingerprint density at radius 3 is 2.55 bits per heavy atom. The number of carbonyl (C=O) groups is 2. The topological polar surface area (TPSA) is 97.4 Å². The molecule has 0 spiro atoms. The molecule has 0 aliphatic heterocycles. The second-order valence-electron chi connectivity index (χ2n) is 4.95. The molecule has 2 amide bonds. The van der Waals surface area contributed by atoms with E-state index in [1.165, 1.54) is 6.26 Å². The highest BCUT2D eigenvalue weighted by Crippen LogP contribution is 2.31. The molecule has 0 atom stereocenters. The largest absolute Gasteiger partial charge is 0.459 e. The molecule has 0 saturated heterocycles. The van der Waals surface area contributed by atoms with Crippen molar-refractivity contribution in [3.05, 3.63) is 23.7 Å². The number of halogens is 1. The Hall–Kier alpha value is -1.53. The maximum Gasteiger partial charge on any atom is 0.287 e. The summed E-state index contributed by atoms with van der Waals surface area (Å²) in [4.78, 5) is 23.2. The Morgan fingerprint density at radius 2 is 2.00 bits per heavy atom.